The van der Waals surface area contributed by atoms with E-state index in [2.05, 4.69) is 41.2 Å². The molecule has 2 rings (SSSR count). The molecule has 0 saturated heterocycles. The zero-order chi connectivity index (χ0) is 18.8. The van der Waals surface area contributed by atoms with Crippen molar-refractivity contribution in [3.8, 4) is 11.5 Å². The molecule has 2 aromatic carbocycles. The molecular weight excluding hydrogens is 430 g/mol. The van der Waals surface area contributed by atoms with Crippen molar-refractivity contribution in [3.63, 3.8) is 0 Å². The first-order valence-electron chi connectivity index (χ1n) is 8.95. The Kier molecular flexibility index (Phi) is 11.4. The molecule has 1 N–H and O–H groups in total. The Hall–Kier alpha value is -1.27. The zero-order valence-electron chi connectivity index (χ0n) is 16.2. The van der Waals surface area contributed by atoms with E-state index >= 15 is 0 Å². The van der Waals surface area contributed by atoms with Crippen molar-refractivity contribution < 1.29 is 14.2 Å². The summed E-state index contributed by atoms with van der Waals surface area (Å²) in [6.45, 7) is 7.08. The van der Waals surface area contributed by atoms with Crippen molar-refractivity contribution in [2.75, 3.05) is 20.3 Å². The van der Waals surface area contributed by atoms with E-state index in [9.17, 15) is 0 Å². The molecule has 0 amide bonds. The second-order valence-corrected chi connectivity index (χ2v) is 7.19. The molecule has 0 radical (unpaired) electrons. The lowest BCUT2D eigenvalue weighted by Gasteiger charge is -2.15. The van der Waals surface area contributed by atoms with Crippen LogP contribution in [-0.2, 0) is 17.9 Å². The van der Waals surface area contributed by atoms with Gasteiger partial charge in [-0.3, -0.25) is 0 Å². The third-order valence-electron chi connectivity index (χ3n) is 3.79. The smallest absolute Gasteiger partial charge is 0.175 e. The molecule has 0 spiro atoms. The number of rotatable bonds is 11. The topological polar surface area (TPSA) is 39.7 Å². The Bertz CT molecular complexity index is 668. The monoisotopic (exact) mass is 457 g/mol. The lowest BCUT2D eigenvalue weighted by molar-refractivity contribution is 0.0770. The molecule has 0 aromatic heterocycles. The number of halogens is 2. The van der Waals surface area contributed by atoms with Crippen molar-refractivity contribution >= 4 is 28.3 Å². The van der Waals surface area contributed by atoms with Gasteiger partial charge in [-0.25, -0.2) is 0 Å². The van der Waals surface area contributed by atoms with Crippen molar-refractivity contribution in [3.05, 3.63) is 58.1 Å². The largest absolute Gasteiger partial charge is 0.493 e. The Morgan fingerprint density at radius 1 is 1.07 bits per heavy atom. The number of benzene rings is 2. The van der Waals surface area contributed by atoms with Crippen LogP contribution in [0.4, 0.5) is 0 Å². The molecule has 0 aliphatic carbocycles. The van der Waals surface area contributed by atoms with Gasteiger partial charge in [0.15, 0.2) is 11.5 Å². The van der Waals surface area contributed by atoms with Gasteiger partial charge in [-0.1, -0.05) is 30.3 Å². The lowest BCUT2D eigenvalue weighted by Crippen LogP contribution is -2.17. The fourth-order valence-electron chi connectivity index (χ4n) is 2.49. The maximum absolute atomic E-state index is 5.97. The Morgan fingerprint density at radius 2 is 1.81 bits per heavy atom. The highest BCUT2D eigenvalue weighted by Crippen LogP contribution is 2.37. The van der Waals surface area contributed by atoms with Gasteiger partial charge in [-0.05, 0) is 66.0 Å². The molecule has 27 heavy (non-hydrogen) atoms. The van der Waals surface area contributed by atoms with E-state index < -0.39 is 0 Å². The van der Waals surface area contributed by atoms with Crippen molar-refractivity contribution in [2.45, 2.75) is 39.5 Å². The number of methoxy groups -OCH3 is 1. The van der Waals surface area contributed by atoms with Crippen molar-refractivity contribution in [1.29, 1.82) is 0 Å². The summed E-state index contributed by atoms with van der Waals surface area (Å²) in [4.78, 5) is 0. The van der Waals surface area contributed by atoms with Crippen LogP contribution in [0, 0.1) is 0 Å². The van der Waals surface area contributed by atoms with Gasteiger partial charge in [0.2, 0.25) is 0 Å². The maximum Gasteiger partial charge on any atom is 0.175 e. The summed E-state index contributed by atoms with van der Waals surface area (Å²) in [5.74, 6) is 1.46. The lowest BCUT2D eigenvalue weighted by atomic mass is 10.2. The van der Waals surface area contributed by atoms with Gasteiger partial charge < -0.3 is 19.5 Å². The molecule has 4 nitrogen and oxygen atoms in total. The molecular formula is C21H29BrClNO3. The van der Waals surface area contributed by atoms with E-state index in [1.807, 2.05) is 36.4 Å². The third kappa shape index (κ3) is 8.52. The molecule has 0 heterocycles. The quantitative estimate of drug-likeness (QED) is 0.460. The molecule has 0 atom stereocenters. The maximum atomic E-state index is 5.97. The second kappa shape index (κ2) is 13.0. The summed E-state index contributed by atoms with van der Waals surface area (Å²) in [6, 6.07) is 14.2. The van der Waals surface area contributed by atoms with Crippen molar-refractivity contribution in [2.24, 2.45) is 0 Å². The molecule has 150 valence electrons. The Labute approximate surface area is 177 Å². The summed E-state index contributed by atoms with van der Waals surface area (Å²) < 4.78 is 17.9. The van der Waals surface area contributed by atoms with Crippen LogP contribution < -0.4 is 14.8 Å². The predicted octanol–water partition coefficient (Wildman–Crippen LogP) is 5.36. The van der Waals surface area contributed by atoms with E-state index in [1.54, 1.807) is 7.11 Å². The molecule has 6 heteroatoms. The average molecular weight is 459 g/mol. The highest BCUT2D eigenvalue weighted by atomic mass is 79.9. The van der Waals surface area contributed by atoms with Gasteiger partial charge in [0.25, 0.3) is 0 Å². The van der Waals surface area contributed by atoms with E-state index in [1.165, 1.54) is 0 Å². The van der Waals surface area contributed by atoms with Crippen LogP contribution in [0.3, 0.4) is 0 Å². The molecule has 0 bridgehead atoms. The fraction of sp³-hybridized carbons (Fsp3) is 0.429. The first-order chi connectivity index (χ1) is 12.6. The summed E-state index contributed by atoms with van der Waals surface area (Å²) in [5, 5.41) is 3.43. The van der Waals surface area contributed by atoms with Crippen LogP contribution in [0.25, 0.3) is 0 Å². The molecule has 0 aliphatic heterocycles. The van der Waals surface area contributed by atoms with Gasteiger partial charge in [-0.2, -0.15) is 0 Å². The molecule has 2 aromatic rings. The first-order valence-corrected chi connectivity index (χ1v) is 9.75. The number of hydrogen-bond donors (Lipinski definition) is 1. The van der Waals surface area contributed by atoms with E-state index in [0.29, 0.717) is 12.7 Å². The van der Waals surface area contributed by atoms with Gasteiger partial charge in [0.05, 0.1) is 17.7 Å². The normalized spacial score (nSPS) is 10.6. The van der Waals surface area contributed by atoms with Gasteiger partial charge in [-0.15, -0.1) is 12.4 Å². The standard InChI is InChI=1S/C21H28BrNO3.ClH/c1-16(2)25-11-7-10-23-14-18-12-19(22)21(20(13-18)24-3)26-15-17-8-5-4-6-9-17;/h4-6,8-9,12-13,16,23H,7,10-11,14-15H2,1-3H3;1H. The highest BCUT2D eigenvalue weighted by Gasteiger charge is 2.12. The van der Waals surface area contributed by atoms with Crippen LogP contribution >= 0.6 is 28.3 Å². The SMILES string of the molecule is COc1cc(CNCCCOC(C)C)cc(Br)c1OCc1ccccc1.Cl. The summed E-state index contributed by atoms with van der Waals surface area (Å²) in [5.41, 5.74) is 2.27. The Balaban J connectivity index is 0.00000364. The molecule has 0 fully saturated rings. The molecule has 0 aliphatic rings. The number of nitrogens with one attached hydrogen (secondary N) is 1. The molecule has 0 unspecified atom stereocenters. The van der Waals surface area contributed by atoms with Crippen LogP contribution in [-0.4, -0.2) is 26.4 Å². The zero-order valence-corrected chi connectivity index (χ0v) is 18.6. The van der Waals surface area contributed by atoms with E-state index in [0.717, 1.165) is 53.2 Å². The van der Waals surface area contributed by atoms with Gasteiger partial charge in [0, 0.05) is 13.2 Å². The van der Waals surface area contributed by atoms with Crippen LogP contribution in [0.1, 0.15) is 31.4 Å². The Morgan fingerprint density at radius 3 is 2.48 bits per heavy atom. The number of hydrogen-bond acceptors (Lipinski definition) is 4. The van der Waals surface area contributed by atoms with Crippen molar-refractivity contribution in [1.82, 2.24) is 5.32 Å². The predicted molar refractivity (Wildman–Crippen MR) is 116 cm³/mol. The fourth-order valence-corrected chi connectivity index (χ4v) is 3.10. The first kappa shape index (κ1) is 23.8. The molecule has 0 saturated carbocycles. The van der Waals surface area contributed by atoms with Crippen LogP contribution in [0.15, 0.2) is 46.9 Å². The van der Waals surface area contributed by atoms with Gasteiger partial charge in [0.1, 0.15) is 6.61 Å². The third-order valence-corrected chi connectivity index (χ3v) is 4.38. The van der Waals surface area contributed by atoms with E-state index in [-0.39, 0.29) is 12.4 Å². The summed E-state index contributed by atoms with van der Waals surface area (Å²) in [6.07, 6.45) is 1.29. The summed E-state index contributed by atoms with van der Waals surface area (Å²) in [7, 11) is 1.66. The van der Waals surface area contributed by atoms with Crippen LogP contribution in [0.5, 0.6) is 11.5 Å². The van der Waals surface area contributed by atoms with Gasteiger partial charge >= 0.3 is 0 Å². The highest BCUT2D eigenvalue weighted by molar-refractivity contribution is 9.10. The minimum absolute atomic E-state index is 0. The summed E-state index contributed by atoms with van der Waals surface area (Å²) >= 11 is 3.61. The van der Waals surface area contributed by atoms with Crippen LogP contribution in [0.2, 0.25) is 0 Å². The second-order valence-electron chi connectivity index (χ2n) is 6.33. The van der Waals surface area contributed by atoms with E-state index in [4.69, 9.17) is 14.2 Å². The minimum atomic E-state index is 0. The number of ether oxygens (including phenoxy) is 3. The minimum Gasteiger partial charge on any atom is -0.493 e. The average Bonchev–Trinajstić information content (AvgIpc) is 2.63.